The molecular formula is C12H15N3O4. The Morgan fingerprint density at radius 2 is 2.37 bits per heavy atom. The number of aromatic carboxylic acids is 1. The largest absolute Gasteiger partial charge is 0.478 e. The number of nitro groups is 1. The zero-order valence-electron chi connectivity index (χ0n) is 10.5. The number of carbonyl (C=O) groups is 1. The van der Waals surface area contributed by atoms with Crippen molar-refractivity contribution in [2.24, 2.45) is 11.8 Å². The molecule has 102 valence electrons. The first-order valence-electron chi connectivity index (χ1n) is 6.10. The minimum absolute atomic E-state index is 0.127. The lowest BCUT2D eigenvalue weighted by molar-refractivity contribution is -0.384. The number of carboxylic acids is 1. The van der Waals surface area contributed by atoms with E-state index in [-0.39, 0.29) is 17.1 Å². The van der Waals surface area contributed by atoms with Gasteiger partial charge in [-0.05, 0) is 24.7 Å². The van der Waals surface area contributed by atoms with Crippen LogP contribution >= 0.6 is 0 Å². The SMILES string of the molecule is CC(CNc1ncc(C(=O)O)cc1[N+](=O)[O-])C1CC1. The molecule has 1 aromatic heterocycles. The first kappa shape index (κ1) is 13.3. The molecule has 1 aromatic rings. The van der Waals surface area contributed by atoms with E-state index >= 15 is 0 Å². The summed E-state index contributed by atoms with van der Waals surface area (Å²) >= 11 is 0. The van der Waals surface area contributed by atoms with Crippen LogP contribution in [-0.4, -0.2) is 27.5 Å². The molecule has 1 fully saturated rings. The van der Waals surface area contributed by atoms with Crippen LogP contribution < -0.4 is 5.32 Å². The van der Waals surface area contributed by atoms with Crippen molar-refractivity contribution in [3.8, 4) is 0 Å². The Labute approximate surface area is 109 Å². The first-order chi connectivity index (χ1) is 8.99. The minimum Gasteiger partial charge on any atom is -0.478 e. The Hall–Kier alpha value is -2.18. The quantitative estimate of drug-likeness (QED) is 0.603. The Morgan fingerprint density at radius 1 is 1.68 bits per heavy atom. The van der Waals surface area contributed by atoms with Crippen molar-refractivity contribution in [2.45, 2.75) is 19.8 Å². The van der Waals surface area contributed by atoms with Gasteiger partial charge in [0.25, 0.3) is 0 Å². The number of anilines is 1. The van der Waals surface area contributed by atoms with Crippen LogP contribution in [0, 0.1) is 22.0 Å². The Morgan fingerprint density at radius 3 is 2.89 bits per heavy atom. The van der Waals surface area contributed by atoms with Crippen LogP contribution in [0.15, 0.2) is 12.3 Å². The Bertz CT molecular complexity index is 514. The Kier molecular flexibility index (Phi) is 3.64. The number of rotatable bonds is 6. The van der Waals surface area contributed by atoms with Crippen molar-refractivity contribution in [1.82, 2.24) is 4.98 Å². The third kappa shape index (κ3) is 3.18. The number of aromatic nitrogens is 1. The maximum absolute atomic E-state index is 10.9. The fourth-order valence-corrected chi connectivity index (χ4v) is 1.94. The number of carboxylic acid groups (broad SMARTS) is 1. The van der Waals surface area contributed by atoms with Crippen LogP contribution in [0.3, 0.4) is 0 Å². The van der Waals surface area contributed by atoms with Gasteiger partial charge in [-0.1, -0.05) is 6.92 Å². The third-order valence-corrected chi connectivity index (χ3v) is 3.33. The lowest BCUT2D eigenvalue weighted by atomic mass is 10.1. The van der Waals surface area contributed by atoms with Gasteiger partial charge in [0.15, 0.2) is 0 Å². The van der Waals surface area contributed by atoms with Gasteiger partial charge in [0.05, 0.1) is 10.5 Å². The second-order valence-corrected chi connectivity index (χ2v) is 4.85. The van der Waals surface area contributed by atoms with Crippen molar-refractivity contribution in [3.63, 3.8) is 0 Å². The summed E-state index contributed by atoms with van der Waals surface area (Å²) in [5.41, 5.74) is -0.490. The highest BCUT2D eigenvalue weighted by Crippen LogP contribution is 2.36. The van der Waals surface area contributed by atoms with Crippen molar-refractivity contribution in [3.05, 3.63) is 27.9 Å². The number of nitrogens with one attached hydrogen (secondary N) is 1. The van der Waals surface area contributed by atoms with Crippen molar-refractivity contribution < 1.29 is 14.8 Å². The van der Waals surface area contributed by atoms with Crippen LogP contribution in [0.4, 0.5) is 11.5 Å². The van der Waals surface area contributed by atoms with Crippen molar-refractivity contribution in [1.29, 1.82) is 0 Å². The molecule has 2 rings (SSSR count). The summed E-state index contributed by atoms with van der Waals surface area (Å²) in [6, 6.07) is 1.03. The topological polar surface area (TPSA) is 105 Å². The normalized spacial score (nSPS) is 15.8. The van der Waals surface area contributed by atoms with E-state index in [1.54, 1.807) is 0 Å². The lowest BCUT2D eigenvalue weighted by Gasteiger charge is -2.12. The van der Waals surface area contributed by atoms with E-state index in [0.29, 0.717) is 18.4 Å². The van der Waals surface area contributed by atoms with Gasteiger partial charge in [-0.2, -0.15) is 0 Å². The average Bonchev–Trinajstić information content (AvgIpc) is 3.19. The third-order valence-electron chi connectivity index (χ3n) is 3.33. The molecule has 0 radical (unpaired) electrons. The van der Waals surface area contributed by atoms with Crippen LogP contribution in [0.2, 0.25) is 0 Å². The van der Waals surface area contributed by atoms with E-state index in [4.69, 9.17) is 5.11 Å². The minimum atomic E-state index is -1.23. The van der Waals surface area contributed by atoms with E-state index in [1.165, 1.54) is 12.8 Å². The second-order valence-electron chi connectivity index (χ2n) is 4.85. The monoisotopic (exact) mass is 265 g/mol. The van der Waals surface area contributed by atoms with E-state index < -0.39 is 10.9 Å². The van der Waals surface area contributed by atoms with Gasteiger partial charge >= 0.3 is 11.7 Å². The maximum Gasteiger partial charge on any atom is 0.337 e. The Balaban J connectivity index is 2.13. The molecule has 19 heavy (non-hydrogen) atoms. The van der Waals surface area contributed by atoms with Gasteiger partial charge in [0.1, 0.15) is 0 Å². The second kappa shape index (κ2) is 5.21. The molecule has 0 spiro atoms. The molecule has 7 nitrogen and oxygen atoms in total. The average molecular weight is 265 g/mol. The zero-order valence-corrected chi connectivity index (χ0v) is 10.5. The summed E-state index contributed by atoms with van der Waals surface area (Å²) in [7, 11) is 0. The standard InChI is InChI=1S/C12H15N3O4/c1-7(8-2-3-8)5-13-11-10(15(18)19)4-9(6-14-11)12(16)17/h4,6-8H,2-3,5H2,1H3,(H,13,14)(H,16,17). The molecule has 1 saturated carbocycles. The number of hydrogen-bond acceptors (Lipinski definition) is 5. The molecule has 2 N–H and O–H groups in total. The highest BCUT2D eigenvalue weighted by Gasteiger charge is 2.28. The molecular weight excluding hydrogens is 250 g/mol. The summed E-state index contributed by atoms with van der Waals surface area (Å²) in [6.45, 7) is 2.69. The zero-order chi connectivity index (χ0) is 14.0. The van der Waals surface area contributed by atoms with Crippen LogP contribution in [0.25, 0.3) is 0 Å². The summed E-state index contributed by atoms with van der Waals surface area (Å²) in [4.78, 5) is 24.9. The molecule has 1 heterocycles. The maximum atomic E-state index is 10.9. The molecule has 0 aliphatic heterocycles. The smallest absolute Gasteiger partial charge is 0.337 e. The molecule has 0 bridgehead atoms. The van der Waals surface area contributed by atoms with E-state index in [9.17, 15) is 14.9 Å². The number of hydrogen-bond donors (Lipinski definition) is 2. The lowest BCUT2D eigenvalue weighted by Crippen LogP contribution is -2.15. The molecule has 7 heteroatoms. The molecule has 0 amide bonds. The van der Waals surface area contributed by atoms with E-state index in [0.717, 1.165) is 12.3 Å². The van der Waals surface area contributed by atoms with Gasteiger partial charge < -0.3 is 10.4 Å². The van der Waals surface area contributed by atoms with Gasteiger partial charge in [0, 0.05) is 18.8 Å². The molecule has 1 aliphatic rings. The van der Waals surface area contributed by atoms with Gasteiger partial charge in [-0.25, -0.2) is 9.78 Å². The summed E-state index contributed by atoms with van der Waals surface area (Å²) < 4.78 is 0. The van der Waals surface area contributed by atoms with Crippen LogP contribution in [-0.2, 0) is 0 Å². The van der Waals surface area contributed by atoms with Gasteiger partial charge in [-0.3, -0.25) is 10.1 Å². The molecule has 0 aromatic carbocycles. The molecule has 1 unspecified atom stereocenters. The van der Waals surface area contributed by atoms with E-state index in [1.807, 2.05) is 0 Å². The van der Waals surface area contributed by atoms with Crippen molar-refractivity contribution in [2.75, 3.05) is 11.9 Å². The first-order valence-corrected chi connectivity index (χ1v) is 6.10. The van der Waals surface area contributed by atoms with Gasteiger partial charge in [0.2, 0.25) is 5.82 Å². The molecule has 1 aliphatic carbocycles. The number of pyridine rings is 1. The fourth-order valence-electron chi connectivity index (χ4n) is 1.94. The molecule has 1 atom stereocenters. The van der Waals surface area contributed by atoms with E-state index in [2.05, 4.69) is 17.2 Å². The number of nitrogens with zero attached hydrogens (tertiary/aromatic N) is 2. The van der Waals surface area contributed by atoms with Crippen molar-refractivity contribution >= 4 is 17.5 Å². The van der Waals surface area contributed by atoms with Crippen LogP contribution in [0.5, 0.6) is 0 Å². The van der Waals surface area contributed by atoms with Gasteiger partial charge in [-0.15, -0.1) is 0 Å². The fraction of sp³-hybridized carbons (Fsp3) is 0.500. The highest BCUT2D eigenvalue weighted by molar-refractivity contribution is 5.88. The van der Waals surface area contributed by atoms with Crippen LogP contribution in [0.1, 0.15) is 30.1 Å². The predicted octanol–water partition coefficient (Wildman–Crippen LogP) is 2.15. The predicted molar refractivity (Wildman–Crippen MR) is 68.2 cm³/mol. The molecule has 0 saturated heterocycles. The summed E-state index contributed by atoms with van der Waals surface area (Å²) in [5, 5.41) is 22.7. The highest BCUT2D eigenvalue weighted by atomic mass is 16.6. The summed E-state index contributed by atoms with van der Waals surface area (Å²) in [5.74, 6) is 0.0152. The summed E-state index contributed by atoms with van der Waals surface area (Å²) in [6.07, 6.45) is 3.53.